The number of nitrogens with zero attached hydrogens (tertiary/aromatic N) is 1. The molecule has 0 aliphatic rings. The molecule has 0 saturated carbocycles. The van der Waals surface area contributed by atoms with Crippen LogP contribution in [-0.2, 0) is 10.0 Å². The van der Waals surface area contributed by atoms with Gasteiger partial charge in [-0.2, -0.15) is 0 Å². The molecule has 1 aromatic carbocycles. The Labute approximate surface area is 103 Å². The standard InChI is InChI=1S/C12H20N2O2S/c1-10-5-6-12(11(2)9-10)17(15,16)14(3)8-4-7-13/h5-6,9H,4,7-8,13H2,1-3H3. The predicted octanol–water partition coefficient (Wildman–Crippen LogP) is 1.27. The van der Waals surface area contributed by atoms with Crippen LogP contribution >= 0.6 is 0 Å². The van der Waals surface area contributed by atoms with Crippen LogP contribution in [0.3, 0.4) is 0 Å². The minimum absolute atomic E-state index is 0.377. The molecule has 96 valence electrons. The van der Waals surface area contributed by atoms with Gasteiger partial charge in [-0.05, 0) is 38.4 Å². The highest BCUT2D eigenvalue weighted by Gasteiger charge is 2.21. The largest absolute Gasteiger partial charge is 0.330 e. The van der Waals surface area contributed by atoms with Crippen LogP contribution in [0.25, 0.3) is 0 Å². The summed E-state index contributed by atoms with van der Waals surface area (Å²) in [4.78, 5) is 0.377. The second-order valence-corrected chi connectivity index (χ2v) is 6.25. The number of rotatable bonds is 5. The molecule has 17 heavy (non-hydrogen) atoms. The van der Waals surface area contributed by atoms with E-state index in [-0.39, 0.29) is 0 Å². The van der Waals surface area contributed by atoms with E-state index >= 15 is 0 Å². The zero-order valence-electron chi connectivity index (χ0n) is 10.6. The van der Waals surface area contributed by atoms with Gasteiger partial charge in [0.2, 0.25) is 10.0 Å². The Kier molecular flexibility index (Phi) is 4.68. The van der Waals surface area contributed by atoms with Crippen molar-refractivity contribution in [1.82, 2.24) is 4.31 Å². The van der Waals surface area contributed by atoms with E-state index in [1.165, 1.54) is 4.31 Å². The highest BCUT2D eigenvalue weighted by molar-refractivity contribution is 7.89. The predicted molar refractivity (Wildman–Crippen MR) is 69.4 cm³/mol. The summed E-state index contributed by atoms with van der Waals surface area (Å²) in [5.74, 6) is 0. The van der Waals surface area contributed by atoms with Crippen LogP contribution in [0.5, 0.6) is 0 Å². The van der Waals surface area contributed by atoms with Gasteiger partial charge < -0.3 is 5.73 Å². The molecule has 0 aliphatic carbocycles. The first-order valence-corrected chi connectivity index (χ1v) is 7.07. The van der Waals surface area contributed by atoms with Crippen molar-refractivity contribution in [3.05, 3.63) is 29.3 Å². The molecule has 0 radical (unpaired) electrons. The molecule has 0 atom stereocenters. The molecule has 0 heterocycles. The number of hydrogen-bond donors (Lipinski definition) is 1. The lowest BCUT2D eigenvalue weighted by atomic mass is 10.2. The second kappa shape index (κ2) is 5.62. The summed E-state index contributed by atoms with van der Waals surface area (Å²) in [5.41, 5.74) is 7.23. The minimum Gasteiger partial charge on any atom is -0.330 e. The second-order valence-electron chi connectivity index (χ2n) is 4.24. The third-order valence-electron chi connectivity index (χ3n) is 2.70. The molecule has 0 unspecified atom stereocenters. The highest BCUT2D eigenvalue weighted by Crippen LogP contribution is 2.19. The lowest BCUT2D eigenvalue weighted by molar-refractivity contribution is 0.463. The minimum atomic E-state index is -3.38. The van der Waals surface area contributed by atoms with Gasteiger partial charge in [0, 0.05) is 13.6 Å². The smallest absolute Gasteiger partial charge is 0.243 e. The number of hydrogen-bond acceptors (Lipinski definition) is 3. The first-order valence-electron chi connectivity index (χ1n) is 5.63. The normalized spacial score (nSPS) is 12.1. The molecule has 0 bridgehead atoms. The van der Waals surface area contributed by atoms with E-state index in [1.807, 2.05) is 26.0 Å². The van der Waals surface area contributed by atoms with Crippen molar-refractivity contribution in [2.45, 2.75) is 25.2 Å². The lowest BCUT2D eigenvalue weighted by Crippen LogP contribution is -2.29. The van der Waals surface area contributed by atoms with Crippen LogP contribution in [-0.4, -0.2) is 32.9 Å². The van der Waals surface area contributed by atoms with E-state index in [2.05, 4.69) is 0 Å². The molecular formula is C12H20N2O2S. The third-order valence-corrected chi connectivity index (χ3v) is 4.71. The Morgan fingerprint density at radius 3 is 2.47 bits per heavy atom. The highest BCUT2D eigenvalue weighted by atomic mass is 32.2. The van der Waals surface area contributed by atoms with Gasteiger partial charge >= 0.3 is 0 Å². The molecule has 0 aromatic heterocycles. The molecule has 0 aliphatic heterocycles. The summed E-state index contributed by atoms with van der Waals surface area (Å²) in [6, 6.07) is 5.36. The Hall–Kier alpha value is -0.910. The monoisotopic (exact) mass is 256 g/mol. The van der Waals surface area contributed by atoms with Crippen LogP contribution in [0.15, 0.2) is 23.1 Å². The fourth-order valence-electron chi connectivity index (χ4n) is 1.69. The maximum atomic E-state index is 12.3. The van der Waals surface area contributed by atoms with Crippen molar-refractivity contribution >= 4 is 10.0 Å². The van der Waals surface area contributed by atoms with E-state index in [9.17, 15) is 8.42 Å². The topological polar surface area (TPSA) is 63.4 Å². The Morgan fingerprint density at radius 1 is 1.29 bits per heavy atom. The van der Waals surface area contributed by atoms with Crippen LogP contribution in [0.1, 0.15) is 17.5 Å². The summed E-state index contributed by atoms with van der Waals surface area (Å²) in [6.45, 7) is 4.71. The van der Waals surface area contributed by atoms with Crippen molar-refractivity contribution in [2.24, 2.45) is 5.73 Å². The van der Waals surface area contributed by atoms with Crippen molar-refractivity contribution in [1.29, 1.82) is 0 Å². The maximum Gasteiger partial charge on any atom is 0.243 e. The molecule has 2 N–H and O–H groups in total. The fraction of sp³-hybridized carbons (Fsp3) is 0.500. The van der Waals surface area contributed by atoms with Gasteiger partial charge in [-0.25, -0.2) is 12.7 Å². The molecule has 0 spiro atoms. The van der Waals surface area contributed by atoms with E-state index < -0.39 is 10.0 Å². The van der Waals surface area contributed by atoms with E-state index in [0.717, 1.165) is 11.1 Å². The first-order chi connectivity index (χ1) is 7.89. The van der Waals surface area contributed by atoms with Crippen LogP contribution < -0.4 is 5.73 Å². The summed E-state index contributed by atoms with van der Waals surface area (Å²) < 4.78 is 25.9. The first kappa shape index (κ1) is 14.2. The number of benzene rings is 1. The average molecular weight is 256 g/mol. The van der Waals surface area contributed by atoms with Gasteiger partial charge in [0.05, 0.1) is 4.90 Å². The number of aryl methyl sites for hydroxylation is 2. The molecule has 0 amide bonds. The van der Waals surface area contributed by atoms with Crippen molar-refractivity contribution in [3.8, 4) is 0 Å². The van der Waals surface area contributed by atoms with Gasteiger partial charge in [0.25, 0.3) is 0 Å². The molecule has 4 nitrogen and oxygen atoms in total. The van der Waals surface area contributed by atoms with E-state index in [1.54, 1.807) is 13.1 Å². The van der Waals surface area contributed by atoms with Crippen molar-refractivity contribution < 1.29 is 8.42 Å². The van der Waals surface area contributed by atoms with Crippen molar-refractivity contribution in [3.63, 3.8) is 0 Å². The quantitative estimate of drug-likeness (QED) is 0.863. The van der Waals surface area contributed by atoms with Crippen LogP contribution in [0.4, 0.5) is 0 Å². The molecule has 0 saturated heterocycles. The van der Waals surface area contributed by atoms with Crippen LogP contribution in [0.2, 0.25) is 0 Å². The molecule has 5 heteroatoms. The van der Waals surface area contributed by atoms with Gasteiger partial charge in [-0.1, -0.05) is 17.7 Å². The molecule has 1 rings (SSSR count). The number of nitrogens with two attached hydrogens (primary N) is 1. The van der Waals surface area contributed by atoms with Crippen molar-refractivity contribution in [2.75, 3.05) is 20.1 Å². The van der Waals surface area contributed by atoms with Gasteiger partial charge in [0.15, 0.2) is 0 Å². The lowest BCUT2D eigenvalue weighted by Gasteiger charge is -2.18. The maximum absolute atomic E-state index is 12.3. The molecule has 1 aromatic rings. The van der Waals surface area contributed by atoms with Gasteiger partial charge in [0.1, 0.15) is 0 Å². The van der Waals surface area contributed by atoms with Gasteiger partial charge in [-0.3, -0.25) is 0 Å². The average Bonchev–Trinajstić information content (AvgIpc) is 2.25. The van der Waals surface area contributed by atoms with Gasteiger partial charge in [-0.15, -0.1) is 0 Å². The Morgan fingerprint density at radius 2 is 1.94 bits per heavy atom. The summed E-state index contributed by atoms with van der Waals surface area (Å²) in [6.07, 6.45) is 0.667. The number of sulfonamides is 1. The summed E-state index contributed by atoms with van der Waals surface area (Å²) >= 11 is 0. The zero-order chi connectivity index (χ0) is 13.1. The van der Waals surface area contributed by atoms with Crippen LogP contribution in [0, 0.1) is 13.8 Å². The Bertz CT molecular complexity index is 483. The van der Waals surface area contributed by atoms with E-state index in [0.29, 0.717) is 24.4 Å². The fourth-order valence-corrected chi connectivity index (χ4v) is 3.10. The molecule has 0 fully saturated rings. The summed E-state index contributed by atoms with van der Waals surface area (Å²) in [7, 11) is -1.79. The molecular weight excluding hydrogens is 236 g/mol. The SMILES string of the molecule is Cc1ccc(S(=O)(=O)N(C)CCCN)c(C)c1. The van der Waals surface area contributed by atoms with E-state index in [4.69, 9.17) is 5.73 Å². The summed E-state index contributed by atoms with van der Waals surface area (Å²) in [5, 5.41) is 0. The Balaban J connectivity index is 3.04. The zero-order valence-corrected chi connectivity index (χ0v) is 11.4. The third kappa shape index (κ3) is 3.28.